The molecule has 1 saturated heterocycles. The fourth-order valence-corrected chi connectivity index (χ4v) is 2.57. The summed E-state index contributed by atoms with van der Waals surface area (Å²) in [5.74, 6) is 0. The van der Waals surface area contributed by atoms with Crippen molar-refractivity contribution < 1.29 is 0 Å². The summed E-state index contributed by atoms with van der Waals surface area (Å²) in [5, 5.41) is 4.13. The monoisotopic (exact) mass is 288 g/mol. The van der Waals surface area contributed by atoms with Crippen LogP contribution in [0.3, 0.4) is 0 Å². The van der Waals surface area contributed by atoms with Crippen molar-refractivity contribution in [2.24, 2.45) is 0 Å². The summed E-state index contributed by atoms with van der Waals surface area (Å²) >= 11 is 9.45. The Labute approximate surface area is 104 Å². The van der Waals surface area contributed by atoms with Gasteiger partial charge in [0, 0.05) is 42.2 Å². The minimum absolute atomic E-state index is 0.783. The molecule has 1 N–H and O–H groups in total. The van der Waals surface area contributed by atoms with Crippen LogP contribution in [0.5, 0.6) is 0 Å². The van der Waals surface area contributed by atoms with E-state index < -0.39 is 0 Å². The largest absolute Gasteiger partial charge is 0.314 e. The summed E-state index contributed by atoms with van der Waals surface area (Å²) in [7, 11) is 0. The van der Waals surface area contributed by atoms with Crippen LogP contribution in [0.1, 0.15) is 5.56 Å². The van der Waals surface area contributed by atoms with E-state index in [1.165, 1.54) is 5.56 Å². The third-order valence-electron chi connectivity index (χ3n) is 2.62. The normalized spacial score (nSPS) is 18.0. The highest BCUT2D eigenvalue weighted by molar-refractivity contribution is 9.10. The van der Waals surface area contributed by atoms with Gasteiger partial charge in [-0.2, -0.15) is 0 Å². The lowest BCUT2D eigenvalue weighted by atomic mass is 10.2. The maximum Gasteiger partial charge on any atom is 0.0417 e. The number of hydrogen-bond donors (Lipinski definition) is 1. The van der Waals surface area contributed by atoms with Gasteiger partial charge >= 0.3 is 0 Å². The number of nitrogens with one attached hydrogen (secondary N) is 1. The van der Waals surface area contributed by atoms with Gasteiger partial charge in [-0.1, -0.05) is 33.6 Å². The van der Waals surface area contributed by atoms with Crippen molar-refractivity contribution in [3.8, 4) is 0 Å². The lowest BCUT2D eigenvalue weighted by molar-refractivity contribution is 0.233. The minimum Gasteiger partial charge on any atom is -0.314 e. The van der Waals surface area contributed by atoms with Gasteiger partial charge in [0.25, 0.3) is 0 Å². The van der Waals surface area contributed by atoms with Crippen molar-refractivity contribution in [3.63, 3.8) is 0 Å². The highest BCUT2D eigenvalue weighted by Crippen LogP contribution is 2.22. The summed E-state index contributed by atoms with van der Waals surface area (Å²) in [6.07, 6.45) is 0. The maximum atomic E-state index is 5.91. The van der Waals surface area contributed by atoms with E-state index in [1.54, 1.807) is 0 Å². The maximum absolute atomic E-state index is 5.91. The topological polar surface area (TPSA) is 15.3 Å². The zero-order chi connectivity index (χ0) is 10.7. The van der Waals surface area contributed by atoms with Crippen molar-refractivity contribution in [2.75, 3.05) is 26.2 Å². The van der Waals surface area contributed by atoms with Crippen molar-refractivity contribution >= 4 is 27.5 Å². The van der Waals surface area contributed by atoms with E-state index in [0.29, 0.717) is 0 Å². The van der Waals surface area contributed by atoms with E-state index in [0.717, 1.165) is 42.2 Å². The Morgan fingerprint density at radius 3 is 2.73 bits per heavy atom. The zero-order valence-corrected chi connectivity index (χ0v) is 10.8. The Morgan fingerprint density at radius 1 is 1.33 bits per heavy atom. The quantitative estimate of drug-likeness (QED) is 0.900. The van der Waals surface area contributed by atoms with Crippen molar-refractivity contribution in [2.45, 2.75) is 6.54 Å². The summed E-state index contributed by atoms with van der Waals surface area (Å²) in [6.45, 7) is 5.42. The van der Waals surface area contributed by atoms with E-state index in [1.807, 2.05) is 12.1 Å². The molecule has 1 aliphatic heterocycles. The van der Waals surface area contributed by atoms with Gasteiger partial charge in [-0.05, 0) is 17.7 Å². The highest BCUT2D eigenvalue weighted by Gasteiger charge is 2.11. The van der Waals surface area contributed by atoms with Crippen molar-refractivity contribution in [1.82, 2.24) is 10.2 Å². The van der Waals surface area contributed by atoms with Crippen LogP contribution >= 0.6 is 27.5 Å². The average Bonchev–Trinajstić information content (AvgIpc) is 2.24. The van der Waals surface area contributed by atoms with Crippen LogP contribution in [0.4, 0.5) is 0 Å². The molecular formula is C11H14BrClN2. The van der Waals surface area contributed by atoms with Crippen LogP contribution < -0.4 is 5.32 Å². The number of halogens is 2. The average molecular weight is 290 g/mol. The molecule has 0 amide bonds. The Morgan fingerprint density at radius 2 is 2.07 bits per heavy atom. The van der Waals surface area contributed by atoms with Gasteiger partial charge in [0.05, 0.1) is 0 Å². The highest BCUT2D eigenvalue weighted by atomic mass is 79.9. The van der Waals surface area contributed by atoms with Gasteiger partial charge < -0.3 is 5.32 Å². The van der Waals surface area contributed by atoms with Gasteiger partial charge in [-0.3, -0.25) is 4.90 Å². The molecule has 15 heavy (non-hydrogen) atoms. The van der Waals surface area contributed by atoms with Crippen molar-refractivity contribution in [1.29, 1.82) is 0 Å². The summed E-state index contributed by atoms with van der Waals surface area (Å²) in [5.41, 5.74) is 1.31. The van der Waals surface area contributed by atoms with E-state index in [2.05, 4.69) is 32.2 Å². The first-order valence-electron chi connectivity index (χ1n) is 5.13. The molecule has 0 atom stereocenters. The summed E-state index contributed by atoms with van der Waals surface area (Å²) in [6, 6.07) is 6.00. The van der Waals surface area contributed by atoms with Gasteiger partial charge in [-0.15, -0.1) is 0 Å². The Kier molecular flexibility index (Phi) is 4.03. The molecule has 1 heterocycles. The molecular weight excluding hydrogens is 275 g/mol. The number of piperazine rings is 1. The molecule has 0 bridgehead atoms. The first kappa shape index (κ1) is 11.4. The summed E-state index contributed by atoms with van der Waals surface area (Å²) < 4.78 is 1.11. The molecule has 1 aliphatic rings. The van der Waals surface area contributed by atoms with Crippen LogP contribution in [-0.2, 0) is 6.54 Å². The molecule has 2 rings (SSSR count). The van der Waals surface area contributed by atoms with Gasteiger partial charge in [-0.25, -0.2) is 0 Å². The third-order valence-corrected chi connectivity index (χ3v) is 3.59. The third kappa shape index (κ3) is 3.18. The lowest BCUT2D eigenvalue weighted by Gasteiger charge is -2.27. The lowest BCUT2D eigenvalue weighted by Crippen LogP contribution is -2.42. The van der Waals surface area contributed by atoms with Gasteiger partial charge in [0.2, 0.25) is 0 Å². The fraction of sp³-hybridized carbons (Fsp3) is 0.455. The van der Waals surface area contributed by atoms with Crippen LogP contribution in [0.15, 0.2) is 22.7 Å². The molecule has 2 nitrogen and oxygen atoms in total. The molecule has 1 aromatic rings. The molecule has 0 spiro atoms. The summed E-state index contributed by atoms with van der Waals surface area (Å²) in [4.78, 5) is 2.45. The molecule has 0 unspecified atom stereocenters. The molecule has 1 fully saturated rings. The second-order valence-electron chi connectivity index (χ2n) is 3.76. The molecule has 1 aromatic carbocycles. The second-order valence-corrected chi connectivity index (χ2v) is 5.05. The SMILES string of the molecule is Clc1ccc(CN2CCNCC2)c(Br)c1. The van der Waals surface area contributed by atoms with Gasteiger partial charge in [0.15, 0.2) is 0 Å². The molecule has 4 heteroatoms. The fourth-order valence-electron chi connectivity index (χ4n) is 1.76. The molecule has 0 radical (unpaired) electrons. The van der Waals surface area contributed by atoms with Crippen LogP contribution in [-0.4, -0.2) is 31.1 Å². The van der Waals surface area contributed by atoms with E-state index in [-0.39, 0.29) is 0 Å². The number of nitrogens with zero attached hydrogens (tertiary/aromatic N) is 1. The first-order valence-corrected chi connectivity index (χ1v) is 6.30. The number of rotatable bonds is 2. The smallest absolute Gasteiger partial charge is 0.0417 e. The van der Waals surface area contributed by atoms with Crippen LogP contribution in [0.25, 0.3) is 0 Å². The van der Waals surface area contributed by atoms with Crippen LogP contribution in [0, 0.1) is 0 Å². The standard InChI is InChI=1S/C11H14BrClN2/c12-11-7-10(13)2-1-9(11)8-15-5-3-14-4-6-15/h1-2,7,14H,3-6,8H2. The second kappa shape index (κ2) is 5.30. The molecule has 0 aromatic heterocycles. The molecule has 0 aliphatic carbocycles. The zero-order valence-electron chi connectivity index (χ0n) is 8.47. The Hall–Kier alpha value is -0.0900. The van der Waals surface area contributed by atoms with Gasteiger partial charge in [0.1, 0.15) is 0 Å². The molecule has 82 valence electrons. The van der Waals surface area contributed by atoms with E-state index in [9.17, 15) is 0 Å². The van der Waals surface area contributed by atoms with Crippen molar-refractivity contribution in [3.05, 3.63) is 33.3 Å². The molecule has 0 saturated carbocycles. The van der Waals surface area contributed by atoms with Crippen LogP contribution in [0.2, 0.25) is 5.02 Å². The van der Waals surface area contributed by atoms with E-state index in [4.69, 9.17) is 11.6 Å². The Balaban J connectivity index is 2.03. The predicted molar refractivity (Wildman–Crippen MR) is 67.3 cm³/mol. The number of benzene rings is 1. The first-order chi connectivity index (χ1) is 7.25. The predicted octanol–water partition coefficient (Wildman–Crippen LogP) is 2.51. The number of hydrogen-bond acceptors (Lipinski definition) is 2. The minimum atomic E-state index is 0.783. The van der Waals surface area contributed by atoms with E-state index >= 15 is 0 Å². The Bertz CT molecular complexity index is 337.